The minimum Gasteiger partial charge on any atom is -0.228 e. The third kappa shape index (κ3) is 6.26. The summed E-state index contributed by atoms with van der Waals surface area (Å²) in [7, 11) is 0. The lowest BCUT2D eigenvalue weighted by Gasteiger charge is -2.33. The van der Waals surface area contributed by atoms with E-state index in [4.69, 9.17) is 9.97 Å². The highest BCUT2D eigenvalue weighted by atomic mass is 14.9. The van der Waals surface area contributed by atoms with E-state index in [1.54, 1.807) is 0 Å². The molecule has 1 aliphatic rings. The third-order valence-corrected chi connectivity index (χ3v) is 14.0. The van der Waals surface area contributed by atoms with Gasteiger partial charge in [0, 0.05) is 16.7 Å². The third-order valence-electron chi connectivity index (χ3n) is 14.0. The topological polar surface area (TPSA) is 25.8 Å². The monoisotopic (exact) mass is 850 g/mol. The number of fused-ring (bicyclic) bond motifs is 7. The minimum absolute atomic E-state index is 0.478. The summed E-state index contributed by atoms with van der Waals surface area (Å²) in [6.45, 7) is 0. The normalized spacial score (nSPS) is 12.6. The second-order valence-corrected chi connectivity index (χ2v) is 17.6. The van der Waals surface area contributed by atoms with Crippen molar-refractivity contribution in [1.82, 2.24) is 9.97 Å². The molecular formula is C65H42N2. The molecule has 11 aromatic carbocycles. The average Bonchev–Trinajstić information content (AvgIpc) is 3.71. The molecule has 13 rings (SSSR count). The number of aromatic nitrogens is 2. The molecule has 2 heteroatoms. The van der Waals surface area contributed by atoms with Crippen molar-refractivity contribution in [2.45, 2.75) is 5.41 Å². The predicted octanol–water partition coefficient (Wildman–Crippen LogP) is 16.6. The van der Waals surface area contributed by atoms with E-state index in [9.17, 15) is 0 Å². The summed E-state index contributed by atoms with van der Waals surface area (Å²) in [6.07, 6.45) is 0. The van der Waals surface area contributed by atoms with Crippen molar-refractivity contribution in [2.24, 2.45) is 0 Å². The second kappa shape index (κ2) is 15.8. The molecule has 1 aromatic heterocycles. The maximum Gasteiger partial charge on any atom is 0.160 e. The van der Waals surface area contributed by atoms with Crippen LogP contribution < -0.4 is 0 Å². The summed E-state index contributed by atoms with van der Waals surface area (Å²) >= 11 is 0. The van der Waals surface area contributed by atoms with Crippen molar-refractivity contribution in [2.75, 3.05) is 0 Å². The number of nitrogens with zero attached hydrogens (tertiary/aromatic N) is 2. The van der Waals surface area contributed by atoms with Gasteiger partial charge in [0.05, 0.1) is 16.8 Å². The Morgan fingerprint density at radius 3 is 1.57 bits per heavy atom. The standard InChI is InChI=1S/C65H42N2/c1-4-18-43(19-5-1)51-26-14-15-30-55(51)62-42-61(48-37-39-60-58(41-48)54-29-16-17-31-59(54)65(60,49-22-6-2-7-23-49)50-24-8-3-9-25-50)66-64(67-62)46-34-32-45(33-35-46)63-53-28-13-11-21-47(53)40-57-52-27-12-10-20-44(52)36-38-56(57)63/h1-42H. The highest BCUT2D eigenvalue weighted by molar-refractivity contribution is 6.20. The second-order valence-electron chi connectivity index (χ2n) is 17.6. The highest BCUT2D eigenvalue weighted by Crippen LogP contribution is 2.56. The zero-order valence-corrected chi connectivity index (χ0v) is 36.6. The number of hydrogen-bond acceptors (Lipinski definition) is 2. The summed E-state index contributed by atoms with van der Waals surface area (Å²) in [5, 5.41) is 7.47. The van der Waals surface area contributed by atoms with Crippen LogP contribution in [-0.2, 0) is 5.41 Å². The molecule has 312 valence electrons. The van der Waals surface area contributed by atoms with E-state index in [-0.39, 0.29) is 0 Å². The lowest BCUT2D eigenvalue weighted by Crippen LogP contribution is -2.28. The summed E-state index contributed by atoms with van der Waals surface area (Å²) in [4.78, 5) is 10.9. The fourth-order valence-electron chi connectivity index (χ4n) is 11.0. The zero-order valence-electron chi connectivity index (χ0n) is 36.6. The fourth-order valence-corrected chi connectivity index (χ4v) is 11.0. The maximum absolute atomic E-state index is 5.46. The summed E-state index contributed by atoms with van der Waals surface area (Å²) < 4.78 is 0. The molecule has 67 heavy (non-hydrogen) atoms. The van der Waals surface area contributed by atoms with Crippen LogP contribution in [0.2, 0.25) is 0 Å². The van der Waals surface area contributed by atoms with Gasteiger partial charge in [-0.3, -0.25) is 0 Å². The molecule has 0 N–H and O–H groups in total. The zero-order chi connectivity index (χ0) is 44.3. The molecule has 12 aromatic rings. The molecule has 0 saturated heterocycles. The molecule has 0 spiro atoms. The van der Waals surface area contributed by atoms with Gasteiger partial charge in [-0.1, -0.05) is 237 Å². The molecule has 0 atom stereocenters. The molecule has 1 aliphatic carbocycles. The molecule has 0 radical (unpaired) electrons. The maximum atomic E-state index is 5.46. The largest absolute Gasteiger partial charge is 0.228 e. The number of benzene rings is 11. The van der Waals surface area contributed by atoms with Gasteiger partial charge in [0.1, 0.15) is 0 Å². The van der Waals surface area contributed by atoms with Crippen molar-refractivity contribution >= 4 is 32.3 Å². The van der Waals surface area contributed by atoms with Crippen LogP contribution in [0.1, 0.15) is 22.3 Å². The van der Waals surface area contributed by atoms with E-state index in [0.29, 0.717) is 5.82 Å². The van der Waals surface area contributed by atoms with Gasteiger partial charge in [-0.15, -0.1) is 0 Å². The van der Waals surface area contributed by atoms with E-state index in [2.05, 4.69) is 255 Å². The molecule has 0 fully saturated rings. The van der Waals surface area contributed by atoms with Gasteiger partial charge in [0.15, 0.2) is 5.82 Å². The number of hydrogen-bond donors (Lipinski definition) is 0. The molecule has 0 bridgehead atoms. The molecule has 0 unspecified atom stereocenters. The first-order chi connectivity index (χ1) is 33.2. The van der Waals surface area contributed by atoms with Crippen molar-refractivity contribution < 1.29 is 0 Å². The Kier molecular flexibility index (Phi) is 9.11. The fraction of sp³-hybridized carbons (Fsp3) is 0.0154. The highest BCUT2D eigenvalue weighted by Gasteiger charge is 2.46. The van der Waals surface area contributed by atoms with Crippen LogP contribution in [-0.4, -0.2) is 9.97 Å². The van der Waals surface area contributed by atoms with Crippen LogP contribution in [0, 0.1) is 0 Å². The summed E-state index contributed by atoms with van der Waals surface area (Å²) in [5.74, 6) is 0.680. The Bertz CT molecular complexity index is 3800. The Hall–Kier alpha value is -8.72. The van der Waals surface area contributed by atoms with Gasteiger partial charge in [-0.05, 0) is 106 Å². The van der Waals surface area contributed by atoms with Crippen LogP contribution in [0.15, 0.2) is 255 Å². The average molecular weight is 851 g/mol. The SMILES string of the molecule is c1ccc(-c2ccccc2-c2cc(-c3ccc4c(c3)-c3ccccc3C4(c3ccccc3)c3ccccc3)nc(-c3ccc(-c4c5ccccc5cc5c4ccc4ccccc45)cc3)n2)cc1. The van der Waals surface area contributed by atoms with Gasteiger partial charge in [-0.2, -0.15) is 0 Å². The summed E-state index contributed by atoms with van der Waals surface area (Å²) in [5.41, 5.74) is 16.5. The number of rotatable bonds is 7. The van der Waals surface area contributed by atoms with E-state index < -0.39 is 5.41 Å². The van der Waals surface area contributed by atoms with Crippen molar-refractivity contribution in [3.63, 3.8) is 0 Å². The van der Waals surface area contributed by atoms with Crippen molar-refractivity contribution in [3.8, 4) is 67.3 Å². The smallest absolute Gasteiger partial charge is 0.160 e. The molecule has 1 heterocycles. The van der Waals surface area contributed by atoms with E-state index in [1.165, 1.54) is 71.3 Å². The summed E-state index contributed by atoms with van der Waals surface area (Å²) in [6, 6.07) is 92.4. The Balaban J connectivity index is 1.00. The Labute approximate surface area is 390 Å². The van der Waals surface area contributed by atoms with Gasteiger partial charge in [0.25, 0.3) is 0 Å². The van der Waals surface area contributed by atoms with Crippen LogP contribution in [0.3, 0.4) is 0 Å². The first-order valence-corrected chi connectivity index (χ1v) is 23.1. The van der Waals surface area contributed by atoms with Crippen LogP contribution in [0.25, 0.3) is 99.6 Å². The van der Waals surface area contributed by atoms with E-state index >= 15 is 0 Å². The van der Waals surface area contributed by atoms with Gasteiger partial charge >= 0.3 is 0 Å². The quantitative estimate of drug-likeness (QED) is 0.118. The van der Waals surface area contributed by atoms with Crippen LogP contribution in [0.4, 0.5) is 0 Å². The Morgan fingerprint density at radius 2 is 0.821 bits per heavy atom. The lowest BCUT2D eigenvalue weighted by atomic mass is 9.67. The molecular weight excluding hydrogens is 809 g/mol. The lowest BCUT2D eigenvalue weighted by molar-refractivity contribution is 0.768. The van der Waals surface area contributed by atoms with Crippen LogP contribution in [0.5, 0.6) is 0 Å². The minimum atomic E-state index is -0.478. The van der Waals surface area contributed by atoms with Crippen molar-refractivity contribution in [1.29, 1.82) is 0 Å². The predicted molar refractivity (Wildman–Crippen MR) is 279 cm³/mol. The molecule has 0 saturated carbocycles. The van der Waals surface area contributed by atoms with Crippen molar-refractivity contribution in [3.05, 3.63) is 277 Å². The van der Waals surface area contributed by atoms with E-state index in [1.807, 2.05) is 0 Å². The van der Waals surface area contributed by atoms with Gasteiger partial charge in [0.2, 0.25) is 0 Å². The first kappa shape index (κ1) is 38.7. The molecule has 2 nitrogen and oxygen atoms in total. The first-order valence-electron chi connectivity index (χ1n) is 23.1. The Morgan fingerprint density at radius 1 is 0.269 bits per heavy atom. The molecule has 0 aliphatic heterocycles. The van der Waals surface area contributed by atoms with Gasteiger partial charge < -0.3 is 0 Å². The van der Waals surface area contributed by atoms with Gasteiger partial charge in [-0.25, -0.2) is 9.97 Å². The van der Waals surface area contributed by atoms with Crippen LogP contribution >= 0.6 is 0 Å². The van der Waals surface area contributed by atoms with E-state index in [0.717, 1.165) is 44.8 Å². The molecule has 0 amide bonds.